The molecule has 1 aliphatic rings. The molecule has 1 N–H and O–H groups in total. The molecule has 0 radical (unpaired) electrons. The van der Waals surface area contributed by atoms with Crippen molar-refractivity contribution in [1.29, 1.82) is 0 Å². The van der Waals surface area contributed by atoms with Gasteiger partial charge < -0.3 is 10.0 Å². The number of nitrogens with zero attached hydrogens (tertiary/aromatic N) is 3. The van der Waals surface area contributed by atoms with Gasteiger partial charge in [-0.15, -0.1) is 11.3 Å². The summed E-state index contributed by atoms with van der Waals surface area (Å²) in [6, 6.07) is 17.1. The minimum atomic E-state index is -0.873. The van der Waals surface area contributed by atoms with Gasteiger partial charge in [-0.1, -0.05) is 65.7 Å². The predicted molar refractivity (Wildman–Crippen MR) is 140 cm³/mol. The van der Waals surface area contributed by atoms with Crippen LogP contribution in [-0.4, -0.2) is 31.7 Å². The number of benzene rings is 2. The van der Waals surface area contributed by atoms with E-state index in [0.29, 0.717) is 26.2 Å². The molecule has 0 saturated heterocycles. The summed E-state index contributed by atoms with van der Waals surface area (Å²) < 4.78 is 0. The number of rotatable bonds is 6. The molecule has 5 rings (SSSR count). The van der Waals surface area contributed by atoms with Crippen LogP contribution in [0, 0.1) is 6.92 Å². The number of Topliss-reactive ketones (excluding diaryl/α,β-unsaturated/α-hetero) is 1. The van der Waals surface area contributed by atoms with E-state index in [-0.39, 0.29) is 17.1 Å². The highest BCUT2D eigenvalue weighted by molar-refractivity contribution is 7.17. The van der Waals surface area contributed by atoms with Crippen molar-refractivity contribution in [3.8, 4) is 10.6 Å². The summed E-state index contributed by atoms with van der Waals surface area (Å²) in [7, 11) is 0. The molecule has 3 heterocycles. The zero-order valence-electron chi connectivity index (χ0n) is 19.0. The Kier molecular flexibility index (Phi) is 6.62. The van der Waals surface area contributed by atoms with E-state index in [9.17, 15) is 14.7 Å². The zero-order valence-corrected chi connectivity index (χ0v) is 21.3. The first-order valence-electron chi connectivity index (χ1n) is 11.0. The molecule has 2 aromatic heterocycles. The van der Waals surface area contributed by atoms with Crippen LogP contribution in [0.25, 0.3) is 10.6 Å². The number of aliphatic hydroxyl groups is 1. The van der Waals surface area contributed by atoms with E-state index in [0.717, 1.165) is 11.1 Å². The van der Waals surface area contributed by atoms with Gasteiger partial charge in [-0.3, -0.25) is 14.6 Å². The van der Waals surface area contributed by atoms with E-state index in [4.69, 9.17) is 23.2 Å². The molecule has 1 aliphatic heterocycles. The van der Waals surface area contributed by atoms with E-state index < -0.39 is 23.5 Å². The molecule has 1 atom stereocenters. The lowest BCUT2D eigenvalue weighted by molar-refractivity contribution is -0.130. The highest BCUT2D eigenvalue weighted by Crippen LogP contribution is 2.42. The van der Waals surface area contributed by atoms with E-state index in [1.807, 2.05) is 36.4 Å². The number of pyridine rings is 1. The third kappa shape index (κ3) is 4.41. The van der Waals surface area contributed by atoms with Gasteiger partial charge >= 0.3 is 0 Å². The summed E-state index contributed by atoms with van der Waals surface area (Å²) in [6.45, 7) is 1.88. The molecule has 180 valence electrons. The van der Waals surface area contributed by atoms with Gasteiger partial charge in [0.15, 0.2) is 5.76 Å². The van der Waals surface area contributed by atoms with E-state index in [1.54, 1.807) is 43.6 Å². The topological polar surface area (TPSA) is 83.4 Å². The molecule has 0 aliphatic carbocycles. The van der Waals surface area contributed by atoms with Gasteiger partial charge in [0.2, 0.25) is 5.78 Å². The Morgan fingerprint density at radius 2 is 1.86 bits per heavy atom. The lowest BCUT2D eigenvalue weighted by Crippen LogP contribution is -2.30. The van der Waals surface area contributed by atoms with Crippen LogP contribution in [0.2, 0.25) is 10.0 Å². The Morgan fingerprint density at radius 3 is 2.56 bits per heavy atom. The van der Waals surface area contributed by atoms with Crippen LogP contribution >= 0.6 is 34.5 Å². The van der Waals surface area contributed by atoms with Gasteiger partial charge in [0.25, 0.3) is 5.91 Å². The lowest BCUT2D eigenvalue weighted by Gasteiger charge is -2.27. The number of hydrogen-bond acceptors (Lipinski definition) is 6. The number of aromatic nitrogens is 2. The molecular formula is C27H19Cl2N3O3S. The summed E-state index contributed by atoms with van der Waals surface area (Å²) >= 11 is 13.7. The number of thiazole rings is 1. The molecule has 0 fully saturated rings. The second kappa shape index (κ2) is 9.85. The highest BCUT2D eigenvalue weighted by atomic mass is 35.5. The van der Waals surface area contributed by atoms with E-state index in [2.05, 4.69) is 9.97 Å². The number of carbonyl (C=O) groups is 2. The number of hydrogen-bond donors (Lipinski definition) is 1. The maximum atomic E-state index is 13.9. The summed E-state index contributed by atoms with van der Waals surface area (Å²) in [5.74, 6) is -1.69. The van der Waals surface area contributed by atoms with Gasteiger partial charge in [-0.25, -0.2) is 4.98 Å². The summed E-state index contributed by atoms with van der Waals surface area (Å²) in [4.78, 5) is 37.7. The second-order valence-electron chi connectivity index (χ2n) is 8.26. The first kappa shape index (κ1) is 24.2. The van der Waals surface area contributed by atoms with Crippen molar-refractivity contribution in [2.45, 2.75) is 19.5 Å². The molecule has 36 heavy (non-hydrogen) atoms. The van der Waals surface area contributed by atoms with Crippen LogP contribution in [0.15, 0.2) is 84.4 Å². The van der Waals surface area contributed by atoms with E-state index >= 15 is 0 Å². The third-order valence-corrected chi connectivity index (χ3v) is 7.85. The van der Waals surface area contributed by atoms with Crippen LogP contribution in [0.3, 0.4) is 0 Å². The molecule has 0 bridgehead atoms. The Labute approximate surface area is 221 Å². The van der Waals surface area contributed by atoms with Crippen molar-refractivity contribution in [3.05, 3.63) is 116 Å². The highest BCUT2D eigenvalue weighted by Gasteiger charge is 2.44. The fraction of sp³-hybridized carbons (Fsp3) is 0.111. The number of amides is 1. The van der Waals surface area contributed by atoms with Gasteiger partial charge in [0.1, 0.15) is 5.01 Å². The number of aryl methyl sites for hydroxylation is 1. The van der Waals surface area contributed by atoms with Gasteiger partial charge in [0.05, 0.1) is 32.2 Å². The van der Waals surface area contributed by atoms with Gasteiger partial charge in [-0.2, -0.15) is 0 Å². The van der Waals surface area contributed by atoms with Gasteiger partial charge in [-0.05, 0) is 36.2 Å². The van der Waals surface area contributed by atoms with E-state index in [1.165, 1.54) is 16.2 Å². The SMILES string of the molecule is Cc1nc(-c2ccccc2)sc1C(=O)C1=C(O)C(=O)N(Cc2cccnc2)C1c1ccc(Cl)c(Cl)c1. The molecule has 6 nitrogen and oxygen atoms in total. The Bertz CT molecular complexity index is 1500. The smallest absolute Gasteiger partial charge is 0.290 e. The van der Waals surface area contributed by atoms with Crippen molar-refractivity contribution < 1.29 is 14.7 Å². The lowest BCUT2D eigenvalue weighted by atomic mass is 9.95. The predicted octanol–water partition coefficient (Wildman–Crippen LogP) is 6.60. The Balaban J connectivity index is 1.60. The molecule has 0 spiro atoms. The molecule has 2 aromatic carbocycles. The Morgan fingerprint density at radius 1 is 1.08 bits per heavy atom. The molecule has 0 saturated carbocycles. The normalized spacial score (nSPS) is 15.6. The average molecular weight is 536 g/mol. The Hall–Kier alpha value is -3.52. The van der Waals surface area contributed by atoms with Crippen LogP contribution < -0.4 is 0 Å². The van der Waals surface area contributed by atoms with Crippen LogP contribution in [0.1, 0.15) is 32.5 Å². The average Bonchev–Trinajstić information content (AvgIpc) is 3.39. The second-order valence-corrected chi connectivity index (χ2v) is 10.1. The first-order chi connectivity index (χ1) is 17.3. The summed E-state index contributed by atoms with van der Waals surface area (Å²) in [5, 5.41) is 12.3. The minimum Gasteiger partial charge on any atom is -0.503 e. The van der Waals surface area contributed by atoms with Crippen molar-refractivity contribution in [1.82, 2.24) is 14.9 Å². The standard InChI is InChI=1S/C27H19Cl2N3O3S/c1-15-25(36-26(31-15)17-7-3-2-4-8-17)23(33)21-22(18-9-10-19(28)20(29)12-18)32(27(35)24(21)34)14-16-6-5-11-30-13-16/h2-13,22,34H,14H2,1H3. The fourth-order valence-corrected chi connectivity index (χ4v) is 5.53. The quantitative estimate of drug-likeness (QED) is 0.281. The maximum absolute atomic E-state index is 13.9. The zero-order chi connectivity index (χ0) is 25.4. The molecule has 1 amide bonds. The van der Waals surface area contributed by atoms with Crippen LogP contribution in [-0.2, 0) is 11.3 Å². The summed E-state index contributed by atoms with van der Waals surface area (Å²) in [5.41, 5.74) is 2.69. The van der Waals surface area contributed by atoms with Gasteiger partial charge in [0, 0.05) is 24.5 Å². The van der Waals surface area contributed by atoms with Crippen molar-refractivity contribution in [2.75, 3.05) is 0 Å². The third-order valence-electron chi connectivity index (χ3n) is 5.91. The molecule has 9 heteroatoms. The molecule has 1 unspecified atom stereocenters. The number of halogens is 2. The van der Waals surface area contributed by atoms with Crippen molar-refractivity contribution >= 4 is 46.2 Å². The largest absolute Gasteiger partial charge is 0.503 e. The first-order valence-corrected chi connectivity index (χ1v) is 12.6. The molecular weight excluding hydrogens is 517 g/mol. The number of ketones is 1. The molecule has 4 aromatic rings. The maximum Gasteiger partial charge on any atom is 0.290 e. The van der Waals surface area contributed by atoms with Crippen LogP contribution in [0.4, 0.5) is 0 Å². The number of carbonyl (C=O) groups excluding carboxylic acids is 2. The number of aliphatic hydroxyl groups excluding tert-OH is 1. The summed E-state index contributed by atoms with van der Waals surface area (Å²) in [6.07, 6.45) is 3.27. The minimum absolute atomic E-state index is 0.0198. The fourth-order valence-electron chi connectivity index (χ4n) is 4.20. The monoisotopic (exact) mass is 535 g/mol. The van der Waals surface area contributed by atoms with Crippen molar-refractivity contribution in [3.63, 3.8) is 0 Å². The van der Waals surface area contributed by atoms with Crippen molar-refractivity contribution in [2.24, 2.45) is 0 Å². The van der Waals surface area contributed by atoms with Crippen LogP contribution in [0.5, 0.6) is 0 Å².